The Bertz CT molecular complexity index is 757. The Labute approximate surface area is 121 Å². The summed E-state index contributed by atoms with van der Waals surface area (Å²) in [7, 11) is -2.59. The molecule has 0 unspecified atom stereocenters. The van der Waals surface area contributed by atoms with Crippen molar-refractivity contribution >= 4 is 27.5 Å². The predicted molar refractivity (Wildman–Crippen MR) is 76.7 cm³/mol. The molecule has 1 heterocycles. The molecule has 21 heavy (non-hydrogen) atoms. The van der Waals surface area contributed by atoms with E-state index in [0.29, 0.717) is 11.3 Å². The Morgan fingerprint density at radius 1 is 1.24 bits per heavy atom. The van der Waals surface area contributed by atoms with Crippen LogP contribution in [0.4, 0.5) is 11.5 Å². The molecule has 0 amide bonds. The fourth-order valence-corrected chi connectivity index (χ4v) is 2.30. The molecule has 7 nitrogen and oxygen atoms in total. The fourth-order valence-electron chi connectivity index (χ4n) is 1.66. The van der Waals surface area contributed by atoms with Crippen molar-refractivity contribution in [3.63, 3.8) is 0 Å². The first-order valence-corrected chi connectivity index (χ1v) is 7.39. The van der Waals surface area contributed by atoms with Gasteiger partial charge in [-0.05, 0) is 36.4 Å². The number of esters is 1. The number of benzene rings is 1. The van der Waals surface area contributed by atoms with Gasteiger partial charge in [-0.3, -0.25) is 0 Å². The van der Waals surface area contributed by atoms with E-state index < -0.39 is 16.0 Å². The predicted octanol–water partition coefficient (Wildman–Crippen LogP) is 1.26. The van der Waals surface area contributed by atoms with Crippen LogP contribution in [0.3, 0.4) is 0 Å². The van der Waals surface area contributed by atoms with Gasteiger partial charge in [-0.1, -0.05) is 0 Å². The molecule has 0 saturated heterocycles. The van der Waals surface area contributed by atoms with E-state index in [9.17, 15) is 13.2 Å². The molecule has 0 aliphatic heterocycles. The number of methoxy groups -OCH3 is 1. The van der Waals surface area contributed by atoms with Gasteiger partial charge in [0.1, 0.15) is 4.90 Å². The highest BCUT2D eigenvalue weighted by Crippen LogP contribution is 2.21. The summed E-state index contributed by atoms with van der Waals surface area (Å²) < 4.78 is 27.5. The number of carbonyl (C=O) groups is 1. The summed E-state index contributed by atoms with van der Waals surface area (Å²) in [5.74, 6) is -0.338. The minimum Gasteiger partial charge on any atom is -0.465 e. The molecule has 3 N–H and O–H groups in total. The second-order valence-corrected chi connectivity index (χ2v) is 5.62. The SMILES string of the molecule is COC(=O)c1ccc(Nc2ncccc2S(N)(=O)=O)cc1. The van der Waals surface area contributed by atoms with Gasteiger partial charge >= 0.3 is 5.97 Å². The van der Waals surface area contributed by atoms with E-state index in [2.05, 4.69) is 15.0 Å². The van der Waals surface area contributed by atoms with Crippen LogP contribution in [0.5, 0.6) is 0 Å². The van der Waals surface area contributed by atoms with Crippen LogP contribution in [0.2, 0.25) is 0 Å². The van der Waals surface area contributed by atoms with E-state index in [1.165, 1.54) is 25.4 Å². The highest BCUT2D eigenvalue weighted by molar-refractivity contribution is 7.89. The van der Waals surface area contributed by atoms with Gasteiger partial charge < -0.3 is 10.1 Å². The van der Waals surface area contributed by atoms with Gasteiger partial charge in [0.2, 0.25) is 10.0 Å². The zero-order valence-corrected chi connectivity index (χ0v) is 11.9. The summed E-state index contributed by atoms with van der Waals surface area (Å²) >= 11 is 0. The zero-order chi connectivity index (χ0) is 15.5. The lowest BCUT2D eigenvalue weighted by Gasteiger charge is -2.09. The number of hydrogen-bond donors (Lipinski definition) is 2. The molecule has 2 aromatic rings. The summed E-state index contributed by atoms with van der Waals surface area (Å²) in [5.41, 5.74) is 0.946. The van der Waals surface area contributed by atoms with Crippen LogP contribution >= 0.6 is 0 Å². The number of carbonyl (C=O) groups excluding carboxylic acids is 1. The smallest absolute Gasteiger partial charge is 0.337 e. The largest absolute Gasteiger partial charge is 0.465 e. The minimum atomic E-state index is -3.88. The molecule has 0 spiro atoms. The number of anilines is 2. The summed E-state index contributed by atoms with van der Waals surface area (Å²) in [6.45, 7) is 0. The number of primary sulfonamides is 1. The molecule has 0 aliphatic rings. The third kappa shape index (κ3) is 3.56. The van der Waals surface area contributed by atoms with Gasteiger partial charge in [-0.2, -0.15) is 0 Å². The minimum absolute atomic E-state index is 0.109. The van der Waals surface area contributed by atoms with Gasteiger partial charge in [-0.15, -0.1) is 0 Å². The lowest BCUT2D eigenvalue weighted by Crippen LogP contribution is -2.14. The van der Waals surface area contributed by atoms with Crippen LogP contribution in [-0.2, 0) is 14.8 Å². The second kappa shape index (κ2) is 5.90. The van der Waals surface area contributed by atoms with E-state index in [1.807, 2.05) is 0 Å². The molecule has 0 bridgehead atoms. The first-order valence-electron chi connectivity index (χ1n) is 5.85. The molecule has 0 aliphatic carbocycles. The van der Waals surface area contributed by atoms with Gasteiger partial charge in [0.25, 0.3) is 0 Å². The summed E-state index contributed by atoms with van der Waals surface area (Å²) in [5, 5.41) is 7.96. The van der Waals surface area contributed by atoms with Crippen LogP contribution in [0.1, 0.15) is 10.4 Å². The van der Waals surface area contributed by atoms with Crippen molar-refractivity contribution in [2.24, 2.45) is 5.14 Å². The first-order chi connectivity index (χ1) is 9.91. The second-order valence-electron chi connectivity index (χ2n) is 4.09. The Morgan fingerprint density at radius 2 is 1.90 bits per heavy atom. The molecular weight excluding hydrogens is 294 g/mol. The van der Waals surface area contributed by atoms with Crippen LogP contribution in [0, 0.1) is 0 Å². The maximum absolute atomic E-state index is 11.5. The average molecular weight is 307 g/mol. The van der Waals surface area contributed by atoms with Crippen molar-refractivity contribution in [3.8, 4) is 0 Å². The molecule has 0 saturated carbocycles. The number of sulfonamides is 1. The van der Waals surface area contributed by atoms with Crippen molar-refractivity contribution in [3.05, 3.63) is 48.2 Å². The van der Waals surface area contributed by atoms with E-state index in [4.69, 9.17) is 5.14 Å². The van der Waals surface area contributed by atoms with Crippen molar-refractivity contribution in [1.82, 2.24) is 4.98 Å². The number of nitrogens with one attached hydrogen (secondary N) is 1. The van der Waals surface area contributed by atoms with Gasteiger partial charge in [0, 0.05) is 11.9 Å². The van der Waals surface area contributed by atoms with Crippen LogP contribution in [-0.4, -0.2) is 26.5 Å². The summed E-state index contributed by atoms with van der Waals surface area (Å²) in [6, 6.07) is 9.14. The Balaban J connectivity index is 2.29. The van der Waals surface area contributed by atoms with Crippen molar-refractivity contribution < 1.29 is 17.9 Å². The Kier molecular flexibility index (Phi) is 4.20. The van der Waals surface area contributed by atoms with Crippen LogP contribution in [0.15, 0.2) is 47.5 Å². The number of hydrogen-bond acceptors (Lipinski definition) is 6. The number of pyridine rings is 1. The summed E-state index contributed by atoms with van der Waals surface area (Å²) in [4.78, 5) is 15.2. The number of nitrogens with two attached hydrogens (primary N) is 1. The summed E-state index contributed by atoms with van der Waals surface area (Å²) in [6.07, 6.45) is 1.44. The average Bonchev–Trinajstić information content (AvgIpc) is 2.47. The quantitative estimate of drug-likeness (QED) is 0.822. The van der Waals surface area contributed by atoms with Crippen molar-refractivity contribution in [2.75, 3.05) is 12.4 Å². The van der Waals surface area contributed by atoms with E-state index in [1.54, 1.807) is 24.3 Å². The molecule has 1 aromatic heterocycles. The van der Waals surface area contributed by atoms with Crippen molar-refractivity contribution in [2.45, 2.75) is 4.90 Å². The maximum atomic E-state index is 11.5. The lowest BCUT2D eigenvalue weighted by molar-refractivity contribution is 0.0601. The number of nitrogens with zero attached hydrogens (tertiary/aromatic N) is 1. The van der Waals surface area contributed by atoms with Gasteiger partial charge in [0.05, 0.1) is 12.7 Å². The number of ether oxygens (including phenoxy) is 1. The van der Waals surface area contributed by atoms with Gasteiger partial charge in [0.15, 0.2) is 5.82 Å². The van der Waals surface area contributed by atoms with Crippen molar-refractivity contribution in [1.29, 1.82) is 0 Å². The highest BCUT2D eigenvalue weighted by atomic mass is 32.2. The zero-order valence-electron chi connectivity index (χ0n) is 11.1. The molecular formula is C13H13N3O4S. The standard InChI is InChI=1S/C13H13N3O4S/c1-20-13(17)9-4-6-10(7-5-9)16-12-11(21(14,18)19)3-2-8-15-12/h2-8H,1H3,(H,15,16)(H2,14,18,19). The Morgan fingerprint density at radius 3 is 2.48 bits per heavy atom. The molecule has 0 fully saturated rings. The first kappa shape index (κ1) is 14.9. The molecule has 1 aromatic carbocycles. The fraction of sp³-hybridized carbons (Fsp3) is 0.0769. The third-order valence-corrected chi connectivity index (χ3v) is 3.59. The normalized spacial score (nSPS) is 11.0. The lowest BCUT2D eigenvalue weighted by atomic mass is 10.2. The third-order valence-electron chi connectivity index (χ3n) is 2.65. The van der Waals surface area contributed by atoms with E-state index >= 15 is 0 Å². The van der Waals surface area contributed by atoms with E-state index in [0.717, 1.165) is 0 Å². The number of aromatic nitrogens is 1. The molecule has 0 radical (unpaired) electrons. The Hall–Kier alpha value is -2.45. The topological polar surface area (TPSA) is 111 Å². The van der Waals surface area contributed by atoms with Crippen LogP contribution in [0.25, 0.3) is 0 Å². The highest BCUT2D eigenvalue weighted by Gasteiger charge is 2.14. The molecule has 8 heteroatoms. The number of rotatable bonds is 4. The monoisotopic (exact) mass is 307 g/mol. The molecule has 110 valence electrons. The molecule has 2 rings (SSSR count). The van der Waals surface area contributed by atoms with Crippen LogP contribution < -0.4 is 10.5 Å². The van der Waals surface area contributed by atoms with E-state index in [-0.39, 0.29) is 10.7 Å². The van der Waals surface area contributed by atoms with Gasteiger partial charge in [-0.25, -0.2) is 23.3 Å². The maximum Gasteiger partial charge on any atom is 0.337 e. The molecule has 0 atom stereocenters.